The van der Waals surface area contributed by atoms with E-state index in [4.69, 9.17) is 14.2 Å². The van der Waals surface area contributed by atoms with Crippen molar-refractivity contribution in [3.05, 3.63) is 53.4 Å². The van der Waals surface area contributed by atoms with Crippen LogP contribution in [0.2, 0.25) is 0 Å². The highest BCUT2D eigenvalue weighted by molar-refractivity contribution is 5.95. The Morgan fingerprint density at radius 2 is 1.92 bits per heavy atom. The Balaban J connectivity index is 1.89. The number of ether oxygens (including phenoxy) is 3. The molecule has 0 aliphatic carbocycles. The lowest BCUT2D eigenvalue weighted by Gasteiger charge is -2.32. The SMILES string of the molecule is CCOC(=O)c1cnn2cc(F)c(N[C@@](C)(CO)c3ccc(F)cc3O[C@@H](C)CNC(=O)OC(C)(C)C)nc12. The third-order valence-electron chi connectivity index (χ3n) is 5.45. The maximum absolute atomic E-state index is 15.0. The molecule has 1 aromatic carbocycles. The van der Waals surface area contributed by atoms with Crippen LogP contribution in [-0.4, -0.2) is 63.2 Å². The number of aliphatic hydroxyl groups is 1. The number of esters is 1. The molecular weight excluding hydrogens is 516 g/mol. The Hall–Kier alpha value is -4.00. The minimum Gasteiger partial charge on any atom is -0.488 e. The first-order chi connectivity index (χ1) is 18.3. The van der Waals surface area contributed by atoms with Crippen molar-refractivity contribution in [2.45, 2.75) is 58.8 Å². The highest BCUT2D eigenvalue weighted by Crippen LogP contribution is 2.34. The van der Waals surface area contributed by atoms with Crippen molar-refractivity contribution in [1.82, 2.24) is 19.9 Å². The van der Waals surface area contributed by atoms with Gasteiger partial charge in [-0.15, -0.1) is 0 Å². The Kier molecular flexibility index (Phi) is 8.95. The van der Waals surface area contributed by atoms with E-state index in [0.717, 1.165) is 16.8 Å². The van der Waals surface area contributed by atoms with E-state index in [9.17, 15) is 19.1 Å². The molecule has 0 bridgehead atoms. The predicted molar refractivity (Wildman–Crippen MR) is 138 cm³/mol. The maximum Gasteiger partial charge on any atom is 0.407 e. The molecule has 0 saturated carbocycles. The summed E-state index contributed by atoms with van der Waals surface area (Å²) >= 11 is 0. The summed E-state index contributed by atoms with van der Waals surface area (Å²) in [5.41, 5.74) is -1.75. The summed E-state index contributed by atoms with van der Waals surface area (Å²) in [4.78, 5) is 28.5. The molecule has 2 heterocycles. The fourth-order valence-corrected chi connectivity index (χ4v) is 3.63. The largest absolute Gasteiger partial charge is 0.488 e. The van der Waals surface area contributed by atoms with Gasteiger partial charge in [0.1, 0.15) is 28.8 Å². The molecule has 0 aliphatic heterocycles. The fourth-order valence-electron chi connectivity index (χ4n) is 3.63. The van der Waals surface area contributed by atoms with Gasteiger partial charge in [0.15, 0.2) is 17.3 Å². The van der Waals surface area contributed by atoms with Crippen LogP contribution in [-0.2, 0) is 15.0 Å². The zero-order valence-corrected chi connectivity index (χ0v) is 22.7. The van der Waals surface area contributed by atoms with E-state index in [2.05, 4.69) is 20.7 Å². The van der Waals surface area contributed by atoms with Crippen LogP contribution in [0.4, 0.5) is 19.4 Å². The lowest BCUT2D eigenvalue weighted by molar-refractivity contribution is 0.0500. The third-order valence-corrected chi connectivity index (χ3v) is 5.45. The second-order valence-electron chi connectivity index (χ2n) is 10.1. The molecule has 0 fully saturated rings. The summed E-state index contributed by atoms with van der Waals surface area (Å²) < 4.78 is 46.4. The summed E-state index contributed by atoms with van der Waals surface area (Å²) in [5, 5.41) is 19.7. The summed E-state index contributed by atoms with van der Waals surface area (Å²) in [6.45, 7) is 9.63. The summed E-state index contributed by atoms with van der Waals surface area (Å²) in [6.07, 6.45) is 0.967. The summed E-state index contributed by atoms with van der Waals surface area (Å²) in [6, 6.07) is 3.68. The molecule has 13 heteroatoms. The number of halogens is 2. The van der Waals surface area contributed by atoms with Crippen molar-refractivity contribution in [3.8, 4) is 5.75 Å². The second kappa shape index (κ2) is 11.8. The molecule has 39 heavy (non-hydrogen) atoms. The van der Waals surface area contributed by atoms with Crippen LogP contribution in [0.25, 0.3) is 5.65 Å². The highest BCUT2D eigenvalue weighted by atomic mass is 19.1. The van der Waals surface area contributed by atoms with E-state index in [0.29, 0.717) is 0 Å². The highest BCUT2D eigenvalue weighted by Gasteiger charge is 2.32. The lowest BCUT2D eigenvalue weighted by atomic mass is 9.91. The Bertz CT molecular complexity index is 1340. The standard InChI is InChI=1S/C26H33F2N5O6/c1-7-37-23(35)17-12-30-33-13-19(28)21(31-22(17)33)32-26(6,14-34)18-9-8-16(27)10-20(18)38-15(2)11-29-24(36)39-25(3,4)5/h8-10,12-13,15,34H,7,11,14H2,1-6H3,(H,29,36)(H,31,32)/t15-,26-/m0/s1. The number of amides is 1. The average Bonchev–Trinajstić information content (AvgIpc) is 3.24. The molecule has 0 radical (unpaired) electrons. The topological polar surface area (TPSA) is 136 Å². The summed E-state index contributed by atoms with van der Waals surface area (Å²) in [7, 11) is 0. The molecule has 0 unspecified atom stereocenters. The molecule has 3 aromatic rings. The van der Waals surface area contributed by atoms with Gasteiger partial charge in [0.25, 0.3) is 0 Å². The first-order valence-electron chi connectivity index (χ1n) is 12.3. The molecule has 0 spiro atoms. The van der Waals surface area contributed by atoms with E-state index >= 15 is 4.39 Å². The number of alkyl carbamates (subject to hydrolysis) is 1. The van der Waals surface area contributed by atoms with Crippen molar-refractivity contribution in [2.75, 3.05) is 25.1 Å². The zero-order chi connectivity index (χ0) is 29.0. The van der Waals surface area contributed by atoms with Gasteiger partial charge >= 0.3 is 12.1 Å². The van der Waals surface area contributed by atoms with Gasteiger partial charge in [-0.3, -0.25) is 0 Å². The first-order valence-corrected chi connectivity index (χ1v) is 12.3. The minimum atomic E-state index is -1.42. The molecule has 3 N–H and O–H groups in total. The normalized spacial score (nSPS) is 13.9. The first kappa shape index (κ1) is 29.6. The molecular formula is C26H33F2N5O6. The van der Waals surface area contributed by atoms with Crippen molar-refractivity contribution in [3.63, 3.8) is 0 Å². The number of nitrogens with one attached hydrogen (secondary N) is 2. The smallest absolute Gasteiger partial charge is 0.407 e. The molecule has 212 valence electrons. The number of carbonyl (C=O) groups is 2. The molecule has 0 aliphatic rings. The molecule has 1 amide bonds. The minimum absolute atomic E-state index is 0.0303. The van der Waals surface area contributed by atoms with Crippen LogP contribution in [0.3, 0.4) is 0 Å². The number of hydrogen-bond acceptors (Lipinski definition) is 9. The molecule has 3 rings (SSSR count). The second-order valence-corrected chi connectivity index (χ2v) is 10.1. The van der Waals surface area contributed by atoms with Crippen LogP contribution >= 0.6 is 0 Å². The van der Waals surface area contributed by atoms with Crippen LogP contribution in [0.5, 0.6) is 5.75 Å². The Morgan fingerprint density at radius 3 is 2.56 bits per heavy atom. The van der Waals surface area contributed by atoms with Crippen molar-refractivity contribution in [1.29, 1.82) is 0 Å². The van der Waals surface area contributed by atoms with Gasteiger partial charge in [-0.2, -0.15) is 5.10 Å². The van der Waals surface area contributed by atoms with E-state index in [1.807, 2.05) is 0 Å². The van der Waals surface area contributed by atoms with Gasteiger partial charge in [0, 0.05) is 11.6 Å². The fraction of sp³-hybridized carbons (Fsp3) is 0.462. The van der Waals surface area contributed by atoms with Crippen molar-refractivity contribution >= 4 is 23.5 Å². The lowest BCUT2D eigenvalue weighted by Crippen LogP contribution is -2.39. The van der Waals surface area contributed by atoms with E-state index in [1.165, 1.54) is 18.3 Å². The summed E-state index contributed by atoms with van der Waals surface area (Å²) in [5.74, 6) is -2.34. The number of nitrogens with zero attached hydrogens (tertiary/aromatic N) is 3. The maximum atomic E-state index is 15.0. The van der Waals surface area contributed by atoms with Crippen LogP contribution in [0.15, 0.2) is 30.6 Å². The van der Waals surface area contributed by atoms with Crippen LogP contribution < -0.4 is 15.4 Å². The van der Waals surface area contributed by atoms with Gasteiger partial charge in [-0.1, -0.05) is 0 Å². The zero-order valence-electron chi connectivity index (χ0n) is 22.7. The predicted octanol–water partition coefficient (Wildman–Crippen LogP) is 3.80. The molecule has 0 saturated heterocycles. The Morgan fingerprint density at radius 1 is 1.21 bits per heavy atom. The Labute approximate surface area is 224 Å². The number of benzene rings is 1. The van der Waals surface area contributed by atoms with Gasteiger partial charge < -0.3 is 30.0 Å². The third kappa shape index (κ3) is 7.31. The van der Waals surface area contributed by atoms with E-state index in [1.54, 1.807) is 41.5 Å². The van der Waals surface area contributed by atoms with Gasteiger partial charge in [0.05, 0.1) is 37.7 Å². The monoisotopic (exact) mass is 549 g/mol. The number of fused-ring (bicyclic) bond motifs is 1. The van der Waals surface area contributed by atoms with Crippen LogP contribution in [0.1, 0.15) is 57.5 Å². The number of hydrogen-bond donors (Lipinski definition) is 3. The quantitative estimate of drug-likeness (QED) is 0.323. The number of anilines is 1. The van der Waals surface area contributed by atoms with E-state index < -0.39 is 47.5 Å². The molecule has 2 aromatic heterocycles. The van der Waals surface area contributed by atoms with Gasteiger partial charge in [-0.25, -0.2) is 27.9 Å². The number of rotatable bonds is 10. The number of aliphatic hydroxyl groups excluding tert-OH is 1. The van der Waals surface area contributed by atoms with Crippen molar-refractivity contribution in [2.24, 2.45) is 0 Å². The molecule has 11 nitrogen and oxygen atoms in total. The van der Waals surface area contributed by atoms with E-state index in [-0.39, 0.29) is 41.5 Å². The average molecular weight is 550 g/mol. The number of aromatic nitrogens is 3. The molecule has 2 atom stereocenters. The van der Waals surface area contributed by atoms with Crippen LogP contribution in [0, 0.1) is 11.6 Å². The van der Waals surface area contributed by atoms with Gasteiger partial charge in [0.2, 0.25) is 0 Å². The van der Waals surface area contributed by atoms with Gasteiger partial charge in [-0.05, 0) is 53.7 Å². The number of carbonyl (C=O) groups excluding carboxylic acids is 2. The van der Waals surface area contributed by atoms with Crippen molar-refractivity contribution < 1.29 is 37.7 Å².